The largest absolute Gasteiger partial charge is 0.493 e. The topological polar surface area (TPSA) is 67.9 Å². The number of carbonyl (C=O) groups excluding carboxylic acids is 2. The van der Waals surface area contributed by atoms with Gasteiger partial charge in [-0.2, -0.15) is 0 Å². The van der Waals surface area contributed by atoms with E-state index in [1.807, 2.05) is 6.92 Å². The molecule has 1 atom stereocenters. The second kappa shape index (κ2) is 11.1. The fourth-order valence-corrected chi connectivity index (χ4v) is 3.89. The molecular weight excluding hydrogens is 380 g/mol. The average Bonchev–Trinajstić information content (AvgIpc) is 2.73. The summed E-state index contributed by atoms with van der Waals surface area (Å²) in [5, 5.41) is 3.15. The first-order valence-electron chi connectivity index (χ1n) is 9.93. The van der Waals surface area contributed by atoms with Crippen molar-refractivity contribution in [1.82, 2.24) is 10.2 Å². The van der Waals surface area contributed by atoms with Crippen LogP contribution < -0.4 is 14.8 Å². The summed E-state index contributed by atoms with van der Waals surface area (Å²) in [5.74, 6) is 0.488. The van der Waals surface area contributed by atoms with Crippen LogP contribution in [0.15, 0.2) is 18.2 Å². The number of hydrogen-bond donors (Lipinski definition) is 1. The second-order valence-corrected chi connectivity index (χ2v) is 7.35. The molecule has 0 bridgehead atoms. The minimum atomic E-state index is -0.757. The van der Waals surface area contributed by atoms with E-state index in [0.29, 0.717) is 23.6 Å². The third kappa shape index (κ3) is 5.53. The summed E-state index contributed by atoms with van der Waals surface area (Å²) >= 11 is 5.85. The highest BCUT2D eigenvalue weighted by Gasteiger charge is 2.32. The van der Waals surface area contributed by atoms with Crippen LogP contribution in [0.3, 0.4) is 0 Å². The number of nitrogens with zero attached hydrogens (tertiary/aromatic N) is 1. The summed E-state index contributed by atoms with van der Waals surface area (Å²) in [6, 6.07) is 4.71. The highest BCUT2D eigenvalue weighted by molar-refractivity contribution is 6.27. The predicted molar refractivity (Wildman–Crippen MR) is 110 cm³/mol. The maximum atomic E-state index is 13.3. The van der Waals surface area contributed by atoms with Crippen molar-refractivity contribution in [3.63, 3.8) is 0 Å². The van der Waals surface area contributed by atoms with E-state index in [4.69, 9.17) is 21.1 Å². The zero-order valence-electron chi connectivity index (χ0n) is 17.0. The number of ether oxygens (including phenoxy) is 2. The standard InChI is InChI=1S/C21H31ClN2O4/c1-4-12-24(19(25)14-22)20(21(26)23-16-8-6-5-7-9-16)15-10-11-17(27-2)18(13-15)28-3/h10-11,13,16,20H,4-9,12,14H2,1-3H3,(H,23,26)/t20-/m1/s1. The van der Waals surface area contributed by atoms with Crippen molar-refractivity contribution in [1.29, 1.82) is 0 Å². The van der Waals surface area contributed by atoms with E-state index >= 15 is 0 Å². The Bertz CT molecular complexity index is 662. The van der Waals surface area contributed by atoms with E-state index in [1.54, 1.807) is 37.3 Å². The highest BCUT2D eigenvalue weighted by atomic mass is 35.5. The van der Waals surface area contributed by atoms with E-state index in [2.05, 4.69) is 5.32 Å². The van der Waals surface area contributed by atoms with Gasteiger partial charge in [0.25, 0.3) is 0 Å². The van der Waals surface area contributed by atoms with Crippen molar-refractivity contribution < 1.29 is 19.1 Å². The summed E-state index contributed by atoms with van der Waals surface area (Å²) in [7, 11) is 3.11. The molecule has 1 aliphatic rings. The first kappa shape index (κ1) is 22.3. The van der Waals surface area contributed by atoms with Gasteiger partial charge in [-0.25, -0.2) is 0 Å². The van der Waals surface area contributed by atoms with Gasteiger partial charge in [0.15, 0.2) is 11.5 Å². The molecule has 1 aliphatic carbocycles. The van der Waals surface area contributed by atoms with Crippen LogP contribution in [-0.4, -0.2) is 49.4 Å². The Kier molecular flexibility index (Phi) is 8.90. The van der Waals surface area contributed by atoms with Crippen molar-refractivity contribution >= 4 is 23.4 Å². The molecule has 0 spiro atoms. The molecule has 1 aromatic rings. The first-order valence-corrected chi connectivity index (χ1v) is 10.5. The molecule has 0 aromatic heterocycles. The van der Waals surface area contributed by atoms with Gasteiger partial charge in [-0.3, -0.25) is 9.59 Å². The van der Waals surface area contributed by atoms with Gasteiger partial charge in [0.2, 0.25) is 11.8 Å². The van der Waals surface area contributed by atoms with E-state index < -0.39 is 6.04 Å². The lowest BCUT2D eigenvalue weighted by Gasteiger charge is -2.33. The summed E-state index contributed by atoms with van der Waals surface area (Å²) in [6.07, 6.45) is 6.11. The van der Waals surface area contributed by atoms with Crippen LogP contribution in [-0.2, 0) is 9.59 Å². The zero-order chi connectivity index (χ0) is 20.5. The predicted octanol–water partition coefficient (Wildman–Crippen LogP) is 3.67. The molecule has 7 heteroatoms. The lowest BCUT2D eigenvalue weighted by atomic mass is 9.94. The van der Waals surface area contributed by atoms with Crippen molar-refractivity contribution in [3.8, 4) is 11.5 Å². The Balaban J connectivity index is 2.39. The molecular formula is C21H31ClN2O4. The lowest BCUT2D eigenvalue weighted by Crippen LogP contribution is -2.47. The van der Waals surface area contributed by atoms with E-state index in [-0.39, 0.29) is 23.7 Å². The first-order chi connectivity index (χ1) is 13.5. The number of nitrogens with one attached hydrogen (secondary N) is 1. The Morgan fingerprint density at radius 3 is 2.43 bits per heavy atom. The molecule has 0 unspecified atom stereocenters. The van der Waals surface area contributed by atoms with E-state index in [9.17, 15) is 9.59 Å². The number of halogens is 1. The molecule has 2 rings (SSSR count). The van der Waals surface area contributed by atoms with E-state index in [0.717, 1.165) is 32.1 Å². The Morgan fingerprint density at radius 2 is 1.86 bits per heavy atom. The Hall–Kier alpha value is -1.95. The number of hydrogen-bond acceptors (Lipinski definition) is 4. The molecule has 1 N–H and O–H groups in total. The van der Waals surface area contributed by atoms with Gasteiger partial charge in [0.05, 0.1) is 14.2 Å². The van der Waals surface area contributed by atoms with Crippen molar-refractivity contribution in [2.75, 3.05) is 26.6 Å². The van der Waals surface area contributed by atoms with Crippen LogP contribution in [0.5, 0.6) is 11.5 Å². The molecule has 1 saturated carbocycles. The third-order valence-corrected chi connectivity index (χ3v) is 5.36. The van der Waals surface area contributed by atoms with Crippen molar-refractivity contribution in [3.05, 3.63) is 23.8 Å². The van der Waals surface area contributed by atoms with Crippen LogP contribution in [0.2, 0.25) is 0 Å². The fraction of sp³-hybridized carbons (Fsp3) is 0.619. The van der Waals surface area contributed by atoms with Crippen molar-refractivity contribution in [2.45, 2.75) is 57.5 Å². The lowest BCUT2D eigenvalue weighted by molar-refractivity contribution is -0.139. The van der Waals surface area contributed by atoms with Crippen LogP contribution in [0.25, 0.3) is 0 Å². The number of methoxy groups -OCH3 is 2. The molecule has 156 valence electrons. The number of alkyl halides is 1. The summed E-state index contributed by atoms with van der Waals surface area (Å²) < 4.78 is 10.7. The van der Waals surface area contributed by atoms with E-state index in [1.165, 1.54) is 6.42 Å². The summed E-state index contributed by atoms with van der Waals surface area (Å²) in [5.41, 5.74) is 0.679. The molecule has 28 heavy (non-hydrogen) atoms. The summed E-state index contributed by atoms with van der Waals surface area (Å²) in [4.78, 5) is 27.4. The van der Waals surface area contributed by atoms with Crippen LogP contribution in [0.4, 0.5) is 0 Å². The highest BCUT2D eigenvalue weighted by Crippen LogP contribution is 2.33. The third-order valence-electron chi connectivity index (χ3n) is 5.13. The minimum Gasteiger partial charge on any atom is -0.493 e. The van der Waals surface area contributed by atoms with Gasteiger partial charge < -0.3 is 19.7 Å². The average molecular weight is 411 g/mol. The van der Waals surface area contributed by atoms with Gasteiger partial charge in [0.1, 0.15) is 11.9 Å². The normalized spacial score (nSPS) is 15.6. The number of benzene rings is 1. The zero-order valence-corrected chi connectivity index (χ0v) is 17.8. The molecule has 1 fully saturated rings. The second-order valence-electron chi connectivity index (χ2n) is 7.08. The molecule has 6 nitrogen and oxygen atoms in total. The minimum absolute atomic E-state index is 0.151. The number of amides is 2. The molecule has 2 amide bonds. The molecule has 0 saturated heterocycles. The molecule has 0 radical (unpaired) electrons. The van der Waals surface area contributed by atoms with Gasteiger partial charge in [-0.15, -0.1) is 11.6 Å². The fourth-order valence-electron chi connectivity index (χ4n) is 3.74. The van der Waals surface area contributed by atoms with Gasteiger partial charge in [0, 0.05) is 12.6 Å². The van der Waals surface area contributed by atoms with Crippen LogP contribution >= 0.6 is 11.6 Å². The smallest absolute Gasteiger partial charge is 0.247 e. The maximum absolute atomic E-state index is 13.3. The van der Waals surface area contributed by atoms with Gasteiger partial charge >= 0.3 is 0 Å². The molecule has 1 aromatic carbocycles. The van der Waals surface area contributed by atoms with Crippen LogP contribution in [0, 0.1) is 0 Å². The Morgan fingerprint density at radius 1 is 1.18 bits per heavy atom. The quantitative estimate of drug-likeness (QED) is 0.630. The molecule has 0 aliphatic heterocycles. The number of carbonyl (C=O) groups is 2. The van der Waals surface area contributed by atoms with Crippen LogP contribution in [0.1, 0.15) is 57.1 Å². The SMILES string of the molecule is CCCN(C(=O)CCl)[C@@H](C(=O)NC1CCCCC1)c1ccc(OC)c(OC)c1. The number of rotatable bonds is 9. The maximum Gasteiger partial charge on any atom is 0.247 e. The summed E-state index contributed by atoms with van der Waals surface area (Å²) in [6.45, 7) is 2.42. The molecule has 0 heterocycles. The van der Waals surface area contributed by atoms with Gasteiger partial charge in [-0.1, -0.05) is 32.3 Å². The monoisotopic (exact) mass is 410 g/mol. The Labute approximate surface area is 172 Å². The van der Waals surface area contributed by atoms with Gasteiger partial charge in [-0.05, 0) is 37.0 Å². The van der Waals surface area contributed by atoms with Crippen molar-refractivity contribution in [2.24, 2.45) is 0 Å².